The summed E-state index contributed by atoms with van der Waals surface area (Å²) >= 11 is 9.50. The molecule has 7 nitrogen and oxygen atoms in total. The summed E-state index contributed by atoms with van der Waals surface area (Å²) in [5.41, 5.74) is 2.58. The topological polar surface area (TPSA) is 109 Å². The quantitative estimate of drug-likeness (QED) is 0.184. The molecule has 0 aliphatic heterocycles. The molecule has 0 aliphatic rings. The van der Waals surface area contributed by atoms with Crippen molar-refractivity contribution < 1.29 is 15.1 Å². The molecule has 0 bridgehead atoms. The van der Waals surface area contributed by atoms with Gasteiger partial charge in [-0.05, 0) is 31.0 Å². The van der Waals surface area contributed by atoms with Gasteiger partial charge in [-0.25, -0.2) is 9.97 Å². The zero-order valence-electron chi connectivity index (χ0n) is 19.2. The number of aliphatic hydroxyl groups is 1. The lowest BCUT2D eigenvalue weighted by Gasteiger charge is -2.07. The number of pyridine rings is 1. The van der Waals surface area contributed by atoms with Crippen LogP contribution in [0.1, 0.15) is 31.6 Å². The van der Waals surface area contributed by atoms with Crippen LogP contribution in [0, 0.1) is 10.1 Å². The van der Waals surface area contributed by atoms with E-state index in [0.717, 1.165) is 21.3 Å². The molecule has 0 spiro atoms. The van der Waals surface area contributed by atoms with Gasteiger partial charge in [-0.3, -0.25) is 10.1 Å². The first-order valence-corrected chi connectivity index (χ1v) is 12.8. The third kappa shape index (κ3) is 4.85. The maximum atomic E-state index is 11.2. The number of aliphatic hydroxyl groups excluding tert-OH is 1. The van der Waals surface area contributed by atoms with Gasteiger partial charge in [0.1, 0.15) is 25.9 Å². The van der Waals surface area contributed by atoms with Crippen molar-refractivity contribution in [2.75, 3.05) is 6.61 Å². The second-order valence-corrected chi connectivity index (χ2v) is 10.4. The van der Waals surface area contributed by atoms with Crippen molar-refractivity contribution in [2.45, 2.75) is 26.7 Å². The lowest BCUT2D eigenvalue weighted by molar-refractivity contribution is -0.384. The molecule has 3 heterocycles. The lowest BCUT2D eigenvalue weighted by atomic mass is 10.0. The highest BCUT2D eigenvalue weighted by atomic mass is 35.5. The Labute approximate surface area is 214 Å². The van der Waals surface area contributed by atoms with Crippen molar-refractivity contribution in [1.82, 2.24) is 9.97 Å². The number of phenolic OH excluding ortho intramolecular Hbond substituents is 1. The maximum absolute atomic E-state index is 11.2. The minimum atomic E-state index is -0.493. The highest BCUT2D eigenvalue weighted by Crippen LogP contribution is 2.45. The number of aromatic nitrogens is 2. The van der Waals surface area contributed by atoms with Crippen LogP contribution in [0.4, 0.5) is 5.69 Å². The summed E-state index contributed by atoms with van der Waals surface area (Å²) < 4.78 is 0. The van der Waals surface area contributed by atoms with Gasteiger partial charge >= 0.3 is 0 Å². The molecule has 0 saturated carbocycles. The summed E-state index contributed by atoms with van der Waals surface area (Å²) in [7, 11) is 0. The number of aromatic hydroxyl groups is 1. The molecule has 2 aromatic carbocycles. The zero-order chi connectivity index (χ0) is 25.3. The SMILES string of the molecule is CC(C)c1cc2c(-c3ccccc3Cl)c3nc(-c4cc([N+](=O)[O-])ccc4O)sc3nc2s1.CCO. The summed E-state index contributed by atoms with van der Waals surface area (Å²) in [6.45, 7) is 6.22. The Balaban J connectivity index is 0.000000917. The van der Waals surface area contributed by atoms with Gasteiger partial charge in [0, 0.05) is 45.2 Å². The second-order valence-electron chi connectivity index (χ2n) is 7.94. The van der Waals surface area contributed by atoms with E-state index in [9.17, 15) is 15.2 Å². The molecule has 3 aromatic heterocycles. The number of hydrogen-bond acceptors (Lipinski definition) is 8. The number of nitro groups is 1. The van der Waals surface area contributed by atoms with Gasteiger partial charge in [-0.2, -0.15) is 0 Å². The van der Waals surface area contributed by atoms with Gasteiger partial charge in [0.25, 0.3) is 5.69 Å². The minimum absolute atomic E-state index is 0.0714. The largest absolute Gasteiger partial charge is 0.507 e. The molecular weight excluding hydrogens is 506 g/mol. The fourth-order valence-corrected chi connectivity index (χ4v) is 5.88. The molecule has 5 aromatic rings. The molecular formula is C25H22ClN3O4S2. The lowest BCUT2D eigenvalue weighted by Crippen LogP contribution is -1.89. The van der Waals surface area contributed by atoms with Crippen molar-refractivity contribution in [1.29, 1.82) is 0 Å². The molecule has 0 fully saturated rings. The van der Waals surface area contributed by atoms with Crippen LogP contribution in [0.2, 0.25) is 5.02 Å². The Hall–Kier alpha value is -3.11. The normalized spacial score (nSPS) is 11.1. The number of fused-ring (bicyclic) bond motifs is 2. The van der Waals surface area contributed by atoms with E-state index in [4.69, 9.17) is 26.7 Å². The van der Waals surface area contributed by atoms with E-state index >= 15 is 0 Å². The van der Waals surface area contributed by atoms with Crippen molar-refractivity contribution in [2.24, 2.45) is 0 Å². The predicted octanol–water partition coefficient (Wildman–Crippen LogP) is 7.63. The molecule has 0 saturated heterocycles. The summed E-state index contributed by atoms with van der Waals surface area (Å²) in [5, 5.41) is 31.2. The molecule has 35 heavy (non-hydrogen) atoms. The monoisotopic (exact) mass is 527 g/mol. The van der Waals surface area contributed by atoms with Gasteiger partial charge in [-0.1, -0.05) is 55.0 Å². The number of rotatable bonds is 4. The highest BCUT2D eigenvalue weighted by molar-refractivity contribution is 7.22. The standard InChI is InChI=1S/C23H16ClN3O3S2.C2H6O/c1-11(2)18-10-15-19(13-5-3-4-6-16(13)24)20-23(26-22(15)31-18)32-21(25-20)14-9-12(27(29)30)7-8-17(14)28;1-2-3/h3-11,28H,1-2H3;3H,2H2,1H3. The average Bonchev–Trinajstić information content (AvgIpc) is 3.43. The first-order chi connectivity index (χ1) is 16.7. The van der Waals surface area contributed by atoms with Crippen LogP contribution in [0.3, 0.4) is 0 Å². The van der Waals surface area contributed by atoms with Crippen LogP contribution < -0.4 is 0 Å². The summed E-state index contributed by atoms with van der Waals surface area (Å²) in [6.07, 6.45) is 0. The van der Waals surface area contributed by atoms with Crippen LogP contribution in [0.15, 0.2) is 48.5 Å². The van der Waals surface area contributed by atoms with Crippen molar-refractivity contribution in [3.63, 3.8) is 0 Å². The van der Waals surface area contributed by atoms with Crippen LogP contribution in [-0.2, 0) is 0 Å². The molecule has 0 radical (unpaired) electrons. The number of nitro benzene ring substituents is 1. The number of thiazole rings is 1. The first-order valence-electron chi connectivity index (χ1n) is 10.8. The number of hydrogen-bond donors (Lipinski definition) is 2. The van der Waals surface area contributed by atoms with Gasteiger partial charge in [0.15, 0.2) is 0 Å². The molecule has 5 rings (SSSR count). The van der Waals surface area contributed by atoms with E-state index in [0.29, 0.717) is 31.9 Å². The molecule has 0 atom stereocenters. The van der Waals surface area contributed by atoms with Crippen molar-refractivity contribution in [3.8, 4) is 27.4 Å². The van der Waals surface area contributed by atoms with Crippen LogP contribution in [0.25, 0.3) is 42.3 Å². The Morgan fingerprint density at radius 3 is 2.43 bits per heavy atom. The number of phenols is 1. The predicted molar refractivity (Wildman–Crippen MR) is 144 cm³/mol. The third-order valence-corrected chi connectivity index (χ3v) is 7.83. The van der Waals surface area contributed by atoms with Crippen LogP contribution in [-0.4, -0.2) is 31.7 Å². The van der Waals surface area contributed by atoms with E-state index in [2.05, 4.69) is 19.9 Å². The Kier molecular flexibility index (Phi) is 7.32. The molecule has 10 heteroatoms. The van der Waals surface area contributed by atoms with Gasteiger partial charge < -0.3 is 10.2 Å². The summed E-state index contributed by atoms with van der Waals surface area (Å²) in [4.78, 5) is 23.2. The fraction of sp³-hybridized carbons (Fsp3) is 0.200. The van der Waals surface area contributed by atoms with Gasteiger partial charge in [-0.15, -0.1) is 11.3 Å². The van der Waals surface area contributed by atoms with E-state index in [1.807, 2.05) is 24.3 Å². The van der Waals surface area contributed by atoms with Crippen molar-refractivity contribution in [3.05, 3.63) is 68.5 Å². The van der Waals surface area contributed by atoms with Gasteiger partial charge in [0.05, 0.1) is 10.5 Å². The minimum Gasteiger partial charge on any atom is -0.507 e. The smallest absolute Gasteiger partial charge is 0.270 e. The molecule has 2 N–H and O–H groups in total. The second kappa shape index (κ2) is 10.2. The van der Waals surface area contributed by atoms with E-state index in [-0.39, 0.29) is 18.0 Å². The van der Waals surface area contributed by atoms with Crippen LogP contribution in [0.5, 0.6) is 5.75 Å². The van der Waals surface area contributed by atoms with Gasteiger partial charge in [0.2, 0.25) is 0 Å². The number of halogens is 1. The molecule has 0 amide bonds. The maximum Gasteiger partial charge on any atom is 0.270 e. The molecule has 180 valence electrons. The van der Waals surface area contributed by atoms with E-state index < -0.39 is 4.92 Å². The number of benzene rings is 2. The summed E-state index contributed by atoms with van der Waals surface area (Å²) in [6, 6.07) is 13.6. The molecule has 0 aliphatic carbocycles. The third-order valence-electron chi connectivity index (χ3n) is 5.18. The zero-order valence-corrected chi connectivity index (χ0v) is 21.5. The van der Waals surface area contributed by atoms with E-state index in [1.165, 1.54) is 34.4 Å². The first kappa shape index (κ1) is 25.0. The molecule has 0 unspecified atom stereocenters. The Morgan fingerprint density at radius 1 is 1.06 bits per heavy atom. The van der Waals surface area contributed by atoms with E-state index in [1.54, 1.807) is 18.3 Å². The van der Waals surface area contributed by atoms with Crippen molar-refractivity contribution >= 4 is 60.5 Å². The number of non-ortho nitro benzene ring substituents is 1. The fourth-order valence-electron chi connectivity index (χ4n) is 3.58. The summed E-state index contributed by atoms with van der Waals surface area (Å²) in [5.74, 6) is 0.287. The van der Waals surface area contributed by atoms with Crippen LogP contribution >= 0.6 is 34.3 Å². The highest BCUT2D eigenvalue weighted by Gasteiger charge is 2.22. The Morgan fingerprint density at radius 2 is 1.77 bits per heavy atom. The number of thiophene rings is 1. The number of nitrogens with zero attached hydrogens (tertiary/aromatic N) is 3. The average molecular weight is 528 g/mol. The Bertz CT molecular complexity index is 1550.